The van der Waals surface area contributed by atoms with Crippen LogP contribution in [0.3, 0.4) is 0 Å². The number of carbonyl (C=O) groups excluding carboxylic acids is 1. The third kappa shape index (κ3) is 4.97. The van der Waals surface area contributed by atoms with Crippen LogP contribution in [0.25, 0.3) is 11.3 Å². The zero-order valence-corrected chi connectivity index (χ0v) is 17.8. The molecule has 30 heavy (non-hydrogen) atoms. The molecular weight excluding hydrogens is 396 g/mol. The lowest BCUT2D eigenvalue weighted by Crippen LogP contribution is -2.28. The molecule has 1 unspecified atom stereocenters. The first-order valence-corrected chi connectivity index (χ1v) is 10.5. The summed E-state index contributed by atoms with van der Waals surface area (Å²) in [4.78, 5) is 31.7. The summed E-state index contributed by atoms with van der Waals surface area (Å²) >= 11 is 1.13. The van der Waals surface area contributed by atoms with Gasteiger partial charge in [-0.05, 0) is 37.5 Å². The molecule has 1 aromatic heterocycles. The molecule has 152 valence electrons. The van der Waals surface area contributed by atoms with Gasteiger partial charge in [0.2, 0.25) is 5.91 Å². The van der Waals surface area contributed by atoms with Crippen LogP contribution in [0.5, 0.6) is 0 Å². The second-order valence-electron chi connectivity index (χ2n) is 6.99. The molecule has 7 heteroatoms. The van der Waals surface area contributed by atoms with Crippen LogP contribution in [-0.4, -0.2) is 21.6 Å². The van der Waals surface area contributed by atoms with E-state index in [-0.39, 0.29) is 23.3 Å². The molecule has 2 aromatic carbocycles. The Morgan fingerprint density at radius 2 is 1.93 bits per heavy atom. The fourth-order valence-corrected chi connectivity index (χ4v) is 3.64. The zero-order valence-electron chi connectivity index (χ0n) is 17.0. The number of carbonyl (C=O) groups is 1. The van der Waals surface area contributed by atoms with Crippen molar-refractivity contribution in [3.8, 4) is 17.3 Å². The van der Waals surface area contributed by atoms with Crippen molar-refractivity contribution in [1.29, 1.82) is 5.26 Å². The summed E-state index contributed by atoms with van der Waals surface area (Å²) in [6.07, 6.45) is 0. The summed E-state index contributed by atoms with van der Waals surface area (Å²) in [5, 5.41) is 12.6. The average molecular weight is 419 g/mol. The molecule has 0 saturated carbocycles. The number of hydrogen-bond acceptors (Lipinski definition) is 5. The molecule has 0 fully saturated rings. The number of aromatic nitrogens is 2. The highest BCUT2D eigenvalue weighted by Crippen LogP contribution is 2.22. The van der Waals surface area contributed by atoms with Gasteiger partial charge in [-0.1, -0.05) is 60.3 Å². The van der Waals surface area contributed by atoms with Crippen LogP contribution in [0.2, 0.25) is 0 Å². The maximum Gasteiger partial charge on any atom is 0.270 e. The summed E-state index contributed by atoms with van der Waals surface area (Å²) in [5.74, 6) is -0.0721. The van der Waals surface area contributed by atoms with Crippen molar-refractivity contribution in [2.24, 2.45) is 0 Å². The number of thioether (sulfide) groups is 1. The standard InChI is InChI=1S/C23H22N4O2S/c1-14-9-10-18(11-15(14)2)16(3)25-20(28)13-30-23-26-21(17-7-5-4-6-8-17)19(12-24)22(29)27-23/h4-11,16H,13H2,1-3H3,(H,25,28)(H,26,27,29). The molecule has 1 heterocycles. The fraction of sp³-hybridized carbons (Fsp3) is 0.217. The van der Waals surface area contributed by atoms with Gasteiger partial charge in [0.1, 0.15) is 11.6 Å². The van der Waals surface area contributed by atoms with E-state index in [4.69, 9.17) is 0 Å². The molecule has 1 amide bonds. The number of nitrogens with one attached hydrogen (secondary N) is 2. The second-order valence-corrected chi connectivity index (χ2v) is 7.96. The first-order valence-electron chi connectivity index (χ1n) is 9.48. The van der Waals surface area contributed by atoms with Crippen LogP contribution in [0.1, 0.15) is 35.2 Å². The van der Waals surface area contributed by atoms with Crippen LogP contribution in [0.4, 0.5) is 0 Å². The van der Waals surface area contributed by atoms with Crippen molar-refractivity contribution in [3.05, 3.63) is 81.1 Å². The molecule has 3 rings (SSSR count). The summed E-state index contributed by atoms with van der Waals surface area (Å²) in [6, 6.07) is 16.9. The van der Waals surface area contributed by atoms with Crippen molar-refractivity contribution in [3.63, 3.8) is 0 Å². The van der Waals surface area contributed by atoms with Gasteiger partial charge in [-0.25, -0.2) is 4.98 Å². The van der Waals surface area contributed by atoms with Crippen molar-refractivity contribution in [2.75, 3.05) is 5.75 Å². The van der Waals surface area contributed by atoms with Crippen molar-refractivity contribution in [2.45, 2.75) is 32.0 Å². The van der Waals surface area contributed by atoms with E-state index in [9.17, 15) is 14.9 Å². The Labute approximate surface area is 179 Å². The van der Waals surface area contributed by atoms with E-state index in [0.29, 0.717) is 16.4 Å². The summed E-state index contributed by atoms with van der Waals surface area (Å²) in [7, 11) is 0. The highest BCUT2D eigenvalue weighted by atomic mass is 32.2. The Balaban J connectivity index is 1.71. The maximum atomic E-state index is 12.4. The predicted octanol–water partition coefficient (Wildman–Crippen LogP) is 3.89. The molecule has 0 saturated heterocycles. The molecule has 0 aliphatic heterocycles. The van der Waals surface area contributed by atoms with E-state index in [1.54, 1.807) is 12.1 Å². The molecule has 0 spiro atoms. The second kappa shape index (κ2) is 9.42. The average Bonchev–Trinajstić information content (AvgIpc) is 2.74. The number of aromatic amines is 1. The number of H-pyrrole nitrogens is 1. The SMILES string of the molecule is Cc1ccc(C(C)NC(=O)CSc2nc(-c3ccccc3)c(C#N)c(=O)[nH]2)cc1C. The van der Waals surface area contributed by atoms with E-state index >= 15 is 0 Å². The third-order valence-electron chi connectivity index (χ3n) is 4.81. The van der Waals surface area contributed by atoms with Gasteiger partial charge in [0.15, 0.2) is 5.16 Å². The molecule has 6 nitrogen and oxygen atoms in total. The van der Waals surface area contributed by atoms with Crippen molar-refractivity contribution in [1.82, 2.24) is 15.3 Å². The number of rotatable bonds is 6. The van der Waals surface area contributed by atoms with Gasteiger partial charge in [-0.2, -0.15) is 5.26 Å². The maximum absolute atomic E-state index is 12.4. The highest BCUT2D eigenvalue weighted by Gasteiger charge is 2.15. The van der Waals surface area contributed by atoms with E-state index in [0.717, 1.165) is 17.3 Å². The van der Waals surface area contributed by atoms with E-state index in [1.165, 1.54) is 11.1 Å². The van der Waals surface area contributed by atoms with Crippen LogP contribution in [0.15, 0.2) is 58.5 Å². The lowest BCUT2D eigenvalue weighted by atomic mass is 10.0. The Kier molecular flexibility index (Phi) is 6.70. The molecule has 1 atom stereocenters. The lowest BCUT2D eigenvalue weighted by Gasteiger charge is -2.15. The summed E-state index contributed by atoms with van der Waals surface area (Å²) in [5.41, 5.74) is 3.85. The molecule has 0 radical (unpaired) electrons. The first-order chi connectivity index (χ1) is 14.4. The number of benzene rings is 2. The Morgan fingerprint density at radius 1 is 1.20 bits per heavy atom. The third-order valence-corrected chi connectivity index (χ3v) is 5.68. The number of nitrogens with zero attached hydrogens (tertiary/aromatic N) is 2. The number of hydrogen-bond donors (Lipinski definition) is 2. The Hall–Kier alpha value is -3.37. The van der Waals surface area contributed by atoms with Crippen LogP contribution in [0, 0.1) is 25.2 Å². The minimum atomic E-state index is -0.516. The van der Waals surface area contributed by atoms with Gasteiger partial charge < -0.3 is 10.3 Å². The Morgan fingerprint density at radius 3 is 2.60 bits per heavy atom. The summed E-state index contributed by atoms with van der Waals surface area (Å²) in [6.45, 7) is 6.02. The van der Waals surface area contributed by atoms with Crippen LogP contribution < -0.4 is 10.9 Å². The van der Waals surface area contributed by atoms with Crippen molar-refractivity contribution >= 4 is 17.7 Å². The fourth-order valence-electron chi connectivity index (χ4n) is 2.96. The highest BCUT2D eigenvalue weighted by molar-refractivity contribution is 7.99. The van der Waals surface area contributed by atoms with Gasteiger partial charge in [-0.15, -0.1) is 0 Å². The number of nitriles is 1. The molecule has 0 bridgehead atoms. The van der Waals surface area contributed by atoms with Gasteiger partial charge in [0.05, 0.1) is 17.5 Å². The lowest BCUT2D eigenvalue weighted by molar-refractivity contribution is -0.119. The monoisotopic (exact) mass is 418 g/mol. The zero-order chi connectivity index (χ0) is 21.7. The molecular formula is C23H22N4O2S. The van der Waals surface area contributed by atoms with Crippen molar-refractivity contribution < 1.29 is 4.79 Å². The number of amides is 1. The first kappa shape index (κ1) is 21.3. The molecule has 0 aliphatic carbocycles. The van der Waals surface area contributed by atoms with Gasteiger partial charge >= 0.3 is 0 Å². The van der Waals surface area contributed by atoms with Crippen LogP contribution in [-0.2, 0) is 4.79 Å². The molecule has 0 aliphatic rings. The van der Waals surface area contributed by atoms with Crippen LogP contribution >= 0.6 is 11.8 Å². The topological polar surface area (TPSA) is 98.6 Å². The van der Waals surface area contributed by atoms with E-state index in [2.05, 4.69) is 21.4 Å². The normalized spacial score (nSPS) is 11.5. The van der Waals surface area contributed by atoms with E-state index in [1.807, 2.05) is 57.2 Å². The molecule has 2 N–H and O–H groups in total. The van der Waals surface area contributed by atoms with Gasteiger partial charge in [0, 0.05) is 5.56 Å². The quantitative estimate of drug-likeness (QED) is 0.467. The summed E-state index contributed by atoms with van der Waals surface area (Å²) < 4.78 is 0. The van der Waals surface area contributed by atoms with Gasteiger partial charge in [0.25, 0.3) is 5.56 Å². The number of aryl methyl sites for hydroxylation is 2. The smallest absolute Gasteiger partial charge is 0.270 e. The Bertz CT molecular complexity index is 1170. The largest absolute Gasteiger partial charge is 0.349 e. The van der Waals surface area contributed by atoms with Gasteiger partial charge in [-0.3, -0.25) is 9.59 Å². The minimum absolute atomic E-state index is 0.0432. The molecule has 3 aromatic rings. The predicted molar refractivity (Wildman–Crippen MR) is 118 cm³/mol. The van der Waals surface area contributed by atoms with E-state index < -0.39 is 5.56 Å². The minimum Gasteiger partial charge on any atom is -0.349 e.